The van der Waals surface area contributed by atoms with Crippen molar-refractivity contribution in [2.75, 3.05) is 0 Å². The highest BCUT2D eigenvalue weighted by molar-refractivity contribution is 5.30. The van der Waals surface area contributed by atoms with Crippen molar-refractivity contribution < 1.29 is 9.50 Å². The number of aliphatic hydroxyl groups excluding tert-OH is 1. The quantitative estimate of drug-likeness (QED) is 0.651. The molecule has 1 atom stereocenters. The van der Waals surface area contributed by atoms with Crippen molar-refractivity contribution in [3.05, 3.63) is 36.2 Å². The highest BCUT2D eigenvalue weighted by atomic mass is 19.1. The summed E-state index contributed by atoms with van der Waals surface area (Å²) in [5, 5.41) is 9.14. The number of unbranched alkanes of at least 4 members (excludes halogenated alkanes) is 1. The smallest absolute Gasteiger partial charge is 0.128 e. The Bertz CT molecular complexity index is 214. The fourth-order valence-corrected chi connectivity index (χ4v) is 0.917. The van der Waals surface area contributed by atoms with Crippen LogP contribution in [0, 0.1) is 0 Å². The molecule has 74 valence electrons. The van der Waals surface area contributed by atoms with E-state index in [2.05, 4.69) is 6.58 Å². The van der Waals surface area contributed by atoms with Crippen LogP contribution in [0.1, 0.15) is 26.7 Å². The summed E-state index contributed by atoms with van der Waals surface area (Å²) in [7, 11) is 0. The van der Waals surface area contributed by atoms with Crippen LogP contribution < -0.4 is 0 Å². The van der Waals surface area contributed by atoms with Crippen LogP contribution in [0.2, 0.25) is 0 Å². The summed E-state index contributed by atoms with van der Waals surface area (Å²) in [6.45, 7) is 6.98. The largest absolute Gasteiger partial charge is 0.389 e. The van der Waals surface area contributed by atoms with Gasteiger partial charge in [-0.1, -0.05) is 32.1 Å². The first-order chi connectivity index (χ1) is 6.13. The van der Waals surface area contributed by atoms with E-state index in [0.29, 0.717) is 0 Å². The van der Waals surface area contributed by atoms with E-state index >= 15 is 0 Å². The Kier molecular flexibility index (Phi) is 6.15. The average Bonchev–Trinajstić information content (AvgIpc) is 2.05. The van der Waals surface area contributed by atoms with Gasteiger partial charge in [-0.05, 0) is 19.4 Å². The van der Waals surface area contributed by atoms with E-state index in [1.807, 2.05) is 6.92 Å². The molecule has 1 N–H and O–H groups in total. The summed E-state index contributed by atoms with van der Waals surface area (Å²) in [6.07, 6.45) is 5.51. The van der Waals surface area contributed by atoms with Crippen molar-refractivity contribution in [3.63, 3.8) is 0 Å². The number of allylic oxidation sites excluding steroid dienone is 3. The predicted molar refractivity (Wildman–Crippen MR) is 54.1 cm³/mol. The highest BCUT2D eigenvalue weighted by Gasteiger charge is 2.05. The second-order valence-corrected chi connectivity index (χ2v) is 2.87. The van der Waals surface area contributed by atoms with Gasteiger partial charge in [0, 0.05) is 5.57 Å². The van der Waals surface area contributed by atoms with Gasteiger partial charge in [0.1, 0.15) is 5.83 Å². The molecule has 1 nitrogen and oxygen atoms in total. The molecule has 0 aromatic heterocycles. The highest BCUT2D eigenvalue weighted by Crippen LogP contribution is 2.13. The lowest BCUT2D eigenvalue weighted by molar-refractivity contribution is 0.232. The zero-order chi connectivity index (χ0) is 10.3. The van der Waals surface area contributed by atoms with Crippen molar-refractivity contribution in [3.8, 4) is 0 Å². The van der Waals surface area contributed by atoms with E-state index < -0.39 is 11.9 Å². The van der Waals surface area contributed by atoms with E-state index in [4.69, 9.17) is 5.11 Å². The molecule has 0 radical (unpaired) electrons. The van der Waals surface area contributed by atoms with E-state index in [1.54, 1.807) is 6.08 Å². The fourth-order valence-electron chi connectivity index (χ4n) is 0.917. The van der Waals surface area contributed by atoms with Crippen molar-refractivity contribution in [1.82, 2.24) is 0 Å². The molecule has 0 saturated heterocycles. The van der Waals surface area contributed by atoms with Gasteiger partial charge in [-0.15, -0.1) is 0 Å². The van der Waals surface area contributed by atoms with Gasteiger partial charge in [0.15, 0.2) is 0 Å². The zero-order valence-corrected chi connectivity index (χ0v) is 8.26. The summed E-state index contributed by atoms with van der Waals surface area (Å²) in [6, 6.07) is 0. The Morgan fingerprint density at radius 2 is 2.23 bits per heavy atom. The van der Waals surface area contributed by atoms with Crippen molar-refractivity contribution in [2.24, 2.45) is 0 Å². The number of hydrogen-bond donors (Lipinski definition) is 1. The van der Waals surface area contributed by atoms with Crippen molar-refractivity contribution >= 4 is 0 Å². The second kappa shape index (κ2) is 6.61. The van der Waals surface area contributed by atoms with Gasteiger partial charge < -0.3 is 5.11 Å². The number of rotatable bonds is 5. The van der Waals surface area contributed by atoms with E-state index in [0.717, 1.165) is 12.8 Å². The van der Waals surface area contributed by atoms with E-state index in [1.165, 1.54) is 19.1 Å². The van der Waals surface area contributed by atoms with Crippen LogP contribution in [0.4, 0.5) is 4.39 Å². The maximum absolute atomic E-state index is 13.2. The first kappa shape index (κ1) is 12.1. The molecule has 0 amide bonds. The molecular formula is C11H17FO. The molecule has 0 heterocycles. The third-order valence-electron chi connectivity index (χ3n) is 1.67. The van der Waals surface area contributed by atoms with Crippen molar-refractivity contribution in [2.45, 2.75) is 32.8 Å². The molecule has 2 heteroatoms. The van der Waals surface area contributed by atoms with Crippen LogP contribution in [0.15, 0.2) is 36.2 Å². The van der Waals surface area contributed by atoms with Crippen LogP contribution in [0.3, 0.4) is 0 Å². The van der Waals surface area contributed by atoms with Gasteiger partial charge in [0.2, 0.25) is 0 Å². The van der Waals surface area contributed by atoms with Crippen LogP contribution in [-0.2, 0) is 0 Å². The molecule has 0 fully saturated rings. The van der Waals surface area contributed by atoms with Crippen molar-refractivity contribution in [1.29, 1.82) is 0 Å². The maximum atomic E-state index is 13.2. The molecule has 13 heavy (non-hydrogen) atoms. The lowest BCUT2D eigenvalue weighted by Crippen LogP contribution is -2.03. The Balaban J connectivity index is 4.47. The first-order valence-corrected chi connectivity index (χ1v) is 4.50. The predicted octanol–water partition coefficient (Wildman–Crippen LogP) is 3.13. The molecule has 0 saturated carbocycles. The summed E-state index contributed by atoms with van der Waals surface area (Å²) in [5.41, 5.74) is 0.243. The molecule has 0 aliphatic heterocycles. The molecule has 0 bridgehead atoms. The standard InChI is InChI=1S/C11H17FO/c1-4-6-7-8-11(12)10(5-2)9(3)13/h5,7-9,13H,2,4,6H2,1,3H3/b8-7+,11-10-. The summed E-state index contributed by atoms with van der Waals surface area (Å²) >= 11 is 0. The Hall–Kier alpha value is -0.890. The molecule has 0 spiro atoms. The van der Waals surface area contributed by atoms with Crippen LogP contribution in [0.25, 0.3) is 0 Å². The SMILES string of the molecule is C=C/C(=C(F)\C=C\CCC)C(C)O. The van der Waals surface area contributed by atoms with Gasteiger partial charge >= 0.3 is 0 Å². The molecular weight excluding hydrogens is 167 g/mol. The average molecular weight is 184 g/mol. The van der Waals surface area contributed by atoms with E-state index in [-0.39, 0.29) is 5.57 Å². The molecule has 0 aromatic carbocycles. The van der Waals surface area contributed by atoms with Crippen LogP contribution in [0.5, 0.6) is 0 Å². The Labute approximate surface area is 79.3 Å². The third kappa shape index (κ3) is 4.63. The van der Waals surface area contributed by atoms with Gasteiger partial charge in [-0.3, -0.25) is 0 Å². The fraction of sp³-hybridized carbons (Fsp3) is 0.455. The van der Waals surface area contributed by atoms with Gasteiger partial charge in [-0.2, -0.15) is 0 Å². The van der Waals surface area contributed by atoms with Gasteiger partial charge in [0.25, 0.3) is 0 Å². The lowest BCUT2D eigenvalue weighted by Gasteiger charge is -2.04. The topological polar surface area (TPSA) is 20.2 Å². The first-order valence-electron chi connectivity index (χ1n) is 4.50. The molecule has 0 aliphatic rings. The minimum Gasteiger partial charge on any atom is -0.389 e. The second-order valence-electron chi connectivity index (χ2n) is 2.87. The normalized spacial score (nSPS) is 15.7. The number of hydrogen-bond acceptors (Lipinski definition) is 1. The number of halogens is 1. The molecule has 1 unspecified atom stereocenters. The molecule has 0 rings (SSSR count). The summed E-state index contributed by atoms with van der Waals surface area (Å²) in [4.78, 5) is 0. The Morgan fingerprint density at radius 1 is 1.62 bits per heavy atom. The Morgan fingerprint density at radius 3 is 2.62 bits per heavy atom. The molecule has 0 aromatic rings. The third-order valence-corrected chi connectivity index (χ3v) is 1.67. The molecule has 0 aliphatic carbocycles. The summed E-state index contributed by atoms with van der Waals surface area (Å²) < 4.78 is 13.2. The summed E-state index contributed by atoms with van der Waals surface area (Å²) in [5.74, 6) is -0.404. The van der Waals surface area contributed by atoms with Crippen LogP contribution in [-0.4, -0.2) is 11.2 Å². The number of aliphatic hydroxyl groups is 1. The van der Waals surface area contributed by atoms with Gasteiger partial charge in [0.05, 0.1) is 6.10 Å². The minimum atomic E-state index is -0.802. The minimum absolute atomic E-state index is 0.243. The zero-order valence-electron chi connectivity index (χ0n) is 8.26. The van der Waals surface area contributed by atoms with Gasteiger partial charge in [-0.25, -0.2) is 4.39 Å². The maximum Gasteiger partial charge on any atom is 0.128 e. The van der Waals surface area contributed by atoms with E-state index in [9.17, 15) is 4.39 Å². The van der Waals surface area contributed by atoms with Crippen LogP contribution >= 0.6 is 0 Å². The lowest BCUT2D eigenvalue weighted by atomic mass is 10.1. The monoisotopic (exact) mass is 184 g/mol.